The summed E-state index contributed by atoms with van der Waals surface area (Å²) in [6, 6.07) is -0.286. The van der Waals surface area contributed by atoms with E-state index < -0.39 is 11.6 Å². The van der Waals surface area contributed by atoms with Gasteiger partial charge in [-0.05, 0) is 52.5 Å². The predicted molar refractivity (Wildman–Crippen MR) is 155 cm³/mol. The zero-order valence-corrected chi connectivity index (χ0v) is 25.1. The number of rotatable bonds is 17. The van der Waals surface area contributed by atoms with E-state index in [4.69, 9.17) is 4.74 Å². The summed E-state index contributed by atoms with van der Waals surface area (Å²) >= 11 is 1.13. The number of thiophene rings is 1. The first-order chi connectivity index (χ1) is 17.5. The number of carbonyl (C=O) groups excluding carboxylic acids is 3. The van der Waals surface area contributed by atoms with Crippen LogP contribution in [0.2, 0.25) is 0 Å². The van der Waals surface area contributed by atoms with Gasteiger partial charge in [0.05, 0.1) is 10.4 Å². The van der Waals surface area contributed by atoms with Crippen molar-refractivity contribution >= 4 is 34.2 Å². The fourth-order valence-corrected chi connectivity index (χ4v) is 5.18. The molecule has 0 saturated carbocycles. The Bertz CT molecular complexity index is 837. The van der Waals surface area contributed by atoms with Crippen LogP contribution in [0.4, 0.5) is 9.80 Å². The molecule has 212 valence electrons. The Morgan fingerprint density at radius 2 is 1.43 bits per heavy atom. The molecule has 0 fully saturated rings. The Kier molecular flexibility index (Phi) is 15.5. The van der Waals surface area contributed by atoms with Crippen LogP contribution in [0.25, 0.3) is 0 Å². The summed E-state index contributed by atoms with van der Waals surface area (Å²) < 4.78 is 5.62. The first-order valence-corrected chi connectivity index (χ1v) is 15.1. The normalized spacial score (nSPS) is 11.5. The Labute approximate surface area is 228 Å². The summed E-state index contributed by atoms with van der Waals surface area (Å²) in [5.41, 5.74) is 0.0857. The zero-order chi connectivity index (χ0) is 27.8. The van der Waals surface area contributed by atoms with Crippen molar-refractivity contribution in [3.05, 3.63) is 16.0 Å². The molecule has 1 aromatic rings. The molecule has 0 aliphatic heterocycles. The van der Waals surface area contributed by atoms with Gasteiger partial charge < -0.3 is 15.4 Å². The van der Waals surface area contributed by atoms with E-state index in [1.807, 2.05) is 0 Å². The highest BCUT2D eigenvalue weighted by molar-refractivity contribution is 7.18. The van der Waals surface area contributed by atoms with Gasteiger partial charge in [-0.2, -0.15) is 0 Å². The third-order valence-corrected chi connectivity index (χ3v) is 7.35. The molecule has 1 heterocycles. The van der Waals surface area contributed by atoms with Crippen LogP contribution in [0.5, 0.6) is 0 Å². The molecule has 0 atom stereocenters. The van der Waals surface area contributed by atoms with E-state index >= 15 is 0 Å². The SMILES string of the molecule is CCCCCCCCNC(=O)Nc1sc(C(=O)NC(CCCC)CCCC)c(C)c1C(=O)OC(C)(C)C. The number of esters is 1. The molecular weight excluding hydrogens is 486 g/mol. The zero-order valence-electron chi connectivity index (χ0n) is 24.3. The number of carbonyl (C=O) groups is 3. The predicted octanol–water partition coefficient (Wildman–Crippen LogP) is 7.97. The van der Waals surface area contributed by atoms with Crippen molar-refractivity contribution < 1.29 is 19.1 Å². The Hall–Kier alpha value is -2.09. The van der Waals surface area contributed by atoms with E-state index in [1.165, 1.54) is 25.7 Å². The maximum Gasteiger partial charge on any atom is 0.341 e. The highest BCUT2D eigenvalue weighted by Crippen LogP contribution is 2.35. The van der Waals surface area contributed by atoms with Crippen LogP contribution in [-0.4, -0.2) is 36.1 Å². The van der Waals surface area contributed by atoms with Crippen molar-refractivity contribution in [2.75, 3.05) is 11.9 Å². The molecule has 0 aliphatic rings. The summed E-state index contributed by atoms with van der Waals surface area (Å²) in [6.07, 6.45) is 12.9. The number of hydrogen-bond acceptors (Lipinski definition) is 5. The van der Waals surface area contributed by atoms with E-state index in [2.05, 4.69) is 36.7 Å². The smallest absolute Gasteiger partial charge is 0.341 e. The van der Waals surface area contributed by atoms with E-state index in [0.717, 1.165) is 62.7 Å². The van der Waals surface area contributed by atoms with Gasteiger partial charge in [0.15, 0.2) is 0 Å². The van der Waals surface area contributed by atoms with Crippen LogP contribution in [0.15, 0.2) is 0 Å². The first-order valence-electron chi connectivity index (χ1n) is 14.3. The molecule has 37 heavy (non-hydrogen) atoms. The summed E-state index contributed by atoms with van der Waals surface area (Å²) in [5, 5.41) is 9.21. The lowest BCUT2D eigenvalue weighted by Crippen LogP contribution is -2.34. The lowest BCUT2D eigenvalue weighted by atomic mass is 10.0. The van der Waals surface area contributed by atoms with Crippen LogP contribution in [0, 0.1) is 6.92 Å². The molecular formula is C29H51N3O4S. The molecule has 0 bridgehead atoms. The number of nitrogens with one attached hydrogen (secondary N) is 3. The molecule has 0 spiro atoms. The van der Waals surface area contributed by atoms with E-state index in [0.29, 0.717) is 22.0 Å². The topological polar surface area (TPSA) is 96.5 Å². The van der Waals surface area contributed by atoms with E-state index in [-0.39, 0.29) is 23.5 Å². The van der Waals surface area contributed by atoms with Gasteiger partial charge in [-0.1, -0.05) is 78.6 Å². The molecule has 7 nitrogen and oxygen atoms in total. The summed E-state index contributed by atoms with van der Waals surface area (Å²) in [5.74, 6) is -0.745. The van der Waals surface area contributed by atoms with Crippen molar-refractivity contribution in [1.29, 1.82) is 0 Å². The Morgan fingerprint density at radius 1 is 0.865 bits per heavy atom. The molecule has 1 rings (SSSR count). The third kappa shape index (κ3) is 12.8. The maximum atomic E-state index is 13.3. The fraction of sp³-hybridized carbons (Fsp3) is 0.759. The molecule has 3 N–H and O–H groups in total. The van der Waals surface area contributed by atoms with Crippen molar-refractivity contribution in [3.63, 3.8) is 0 Å². The van der Waals surface area contributed by atoms with Gasteiger partial charge in [-0.15, -0.1) is 11.3 Å². The Morgan fingerprint density at radius 3 is 2.00 bits per heavy atom. The summed E-state index contributed by atoms with van der Waals surface area (Å²) in [6.45, 7) is 14.2. The molecule has 0 unspecified atom stereocenters. The second-order valence-electron chi connectivity index (χ2n) is 10.9. The van der Waals surface area contributed by atoms with Crippen molar-refractivity contribution in [2.45, 2.75) is 137 Å². The van der Waals surface area contributed by atoms with Crippen molar-refractivity contribution in [1.82, 2.24) is 10.6 Å². The number of unbranched alkanes of at least 4 members (excludes halogenated alkanes) is 7. The summed E-state index contributed by atoms with van der Waals surface area (Å²) in [4.78, 5) is 39.5. The molecule has 0 aliphatic carbocycles. The number of urea groups is 1. The molecule has 8 heteroatoms. The van der Waals surface area contributed by atoms with Gasteiger partial charge in [0, 0.05) is 12.6 Å². The molecule has 3 amide bonds. The van der Waals surface area contributed by atoms with Crippen molar-refractivity contribution in [2.24, 2.45) is 0 Å². The van der Waals surface area contributed by atoms with Crippen LogP contribution in [-0.2, 0) is 4.74 Å². The molecule has 0 radical (unpaired) electrons. The number of hydrogen-bond donors (Lipinski definition) is 3. The highest BCUT2D eigenvalue weighted by Gasteiger charge is 2.29. The maximum absolute atomic E-state index is 13.3. The van der Waals surface area contributed by atoms with Crippen LogP contribution >= 0.6 is 11.3 Å². The largest absolute Gasteiger partial charge is 0.456 e. The Balaban J connectivity index is 3.02. The minimum absolute atomic E-state index is 0.0934. The van der Waals surface area contributed by atoms with Gasteiger partial charge in [0.1, 0.15) is 10.6 Å². The highest BCUT2D eigenvalue weighted by atomic mass is 32.1. The fourth-order valence-electron chi connectivity index (χ4n) is 4.09. The summed E-state index contributed by atoms with van der Waals surface area (Å²) in [7, 11) is 0. The van der Waals surface area contributed by atoms with Gasteiger partial charge in [-0.3, -0.25) is 10.1 Å². The number of anilines is 1. The minimum Gasteiger partial charge on any atom is -0.456 e. The third-order valence-electron chi connectivity index (χ3n) is 6.15. The lowest BCUT2D eigenvalue weighted by molar-refractivity contribution is 0.00705. The monoisotopic (exact) mass is 537 g/mol. The molecule has 0 aromatic carbocycles. The second kappa shape index (κ2) is 17.4. The van der Waals surface area contributed by atoms with Crippen LogP contribution in [0.3, 0.4) is 0 Å². The quantitative estimate of drug-likeness (QED) is 0.139. The van der Waals surface area contributed by atoms with Gasteiger partial charge >= 0.3 is 12.0 Å². The number of amides is 3. The van der Waals surface area contributed by atoms with Gasteiger partial charge in [0.2, 0.25) is 0 Å². The van der Waals surface area contributed by atoms with Crippen LogP contribution in [0.1, 0.15) is 144 Å². The second-order valence-corrected chi connectivity index (χ2v) is 11.9. The minimum atomic E-state index is -0.698. The molecule has 1 aromatic heterocycles. The van der Waals surface area contributed by atoms with Gasteiger partial charge in [0.25, 0.3) is 5.91 Å². The van der Waals surface area contributed by atoms with Crippen LogP contribution < -0.4 is 16.0 Å². The first kappa shape index (κ1) is 32.9. The van der Waals surface area contributed by atoms with Gasteiger partial charge in [-0.25, -0.2) is 9.59 Å². The van der Waals surface area contributed by atoms with Crippen molar-refractivity contribution in [3.8, 4) is 0 Å². The number of ether oxygens (including phenoxy) is 1. The molecule has 0 saturated heterocycles. The average Bonchev–Trinajstić information content (AvgIpc) is 3.14. The van der Waals surface area contributed by atoms with E-state index in [9.17, 15) is 14.4 Å². The van der Waals surface area contributed by atoms with E-state index in [1.54, 1.807) is 27.7 Å². The standard InChI is InChI=1S/C29H51N3O4S/c1-8-11-14-15-16-17-20-30-28(35)32-26-23(27(34)36-29(5,6)7)21(4)24(37-26)25(33)31-22(18-12-9-2)19-13-10-3/h22H,8-20H2,1-7H3,(H,31,33)(H2,30,32,35). The lowest BCUT2D eigenvalue weighted by Gasteiger charge is -2.20. The average molecular weight is 538 g/mol.